The summed E-state index contributed by atoms with van der Waals surface area (Å²) in [5.41, 5.74) is 3.66. The summed E-state index contributed by atoms with van der Waals surface area (Å²) in [5.74, 6) is -0.453. The van der Waals surface area contributed by atoms with Crippen molar-refractivity contribution in [2.45, 2.75) is 32.7 Å². The van der Waals surface area contributed by atoms with Gasteiger partial charge in [0.1, 0.15) is 0 Å². The van der Waals surface area contributed by atoms with Gasteiger partial charge in [-0.15, -0.1) is 0 Å². The van der Waals surface area contributed by atoms with Crippen molar-refractivity contribution in [2.24, 2.45) is 0 Å². The standard InChI is InChI=1S/C28H31N3O4S/c1-21-10-4-5-11-23(21)20-31(36(2,34)35)24-16-14-22(15-17-24)27(32)29-26-13-7-6-12-25(26)28(33)30-18-8-3-9-19-30/h4-7,10-17H,3,8-9,18-20H2,1-2H3,(H,29,32). The number of nitrogens with zero attached hydrogens (tertiary/aromatic N) is 2. The molecule has 188 valence electrons. The van der Waals surface area contributed by atoms with E-state index in [0.29, 0.717) is 22.5 Å². The minimum Gasteiger partial charge on any atom is -0.339 e. The van der Waals surface area contributed by atoms with Crippen LogP contribution < -0.4 is 9.62 Å². The molecule has 0 radical (unpaired) electrons. The molecule has 2 amide bonds. The first-order valence-electron chi connectivity index (χ1n) is 12.1. The third kappa shape index (κ3) is 5.94. The van der Waals surface area contributed by atoms with Gasteiger partial charge in [0.2, 0.25) is 10.0 Å². The van der Waals surface area contributed by atoms with Crippen molar-refractivity contribution in [3.63, 3.8) is 0 Å². The lowest BCUT2D eigenvalue weighted by atomic mass is 10.1. The Morgan fingerprint density at radius 3 is 2.19 bits per heavy atom. The number of para-hydroxylation sites is 1. The highest BCUT2D eigenvalue weighted by Crippen LogP contribution is 2.24. The number of sulfonamides is 1. The second kappa shape index (κ2) is 11.0. The Hall–Kier alpha value is -3.65. The summed E-state index contributed by atoms with van der Waals surface area (Å²) >= 11 is 0. The van der Waals surface area contributed by atoms with Crippen molar-refractivity contribution >= 4 is 33.2 Å². The second-order valence-corrected chi connectivity index (χ2v) is 11.0. The van der Waals surface area contributed by atoms with Crippen molar-refractivity contribution in [3.8, 4) is 0 Å². The van der Waals surface area contributed by atoms with E-state index in [1.807, 2.05) is 36.1 Å². The number of carbonyl (C=O) groups excluding carboxylic acids is 2. The molecule has 3 aromatic rings. The Morgan fingerprint density at radius 1 is 0.889 bits per heavy atom. The molecule has 4 rings (SSSR count). The molecule has 0 aromatic heterocycles. The van der Waals surface area contributed by atoms with Crippen LogP contribution in [0.4, 0.5) is 11.4 Å². The lowest BCUT2D eigenvalue weighted by Crippen LogP contribution is -2.36. The normalized spacial score (nSPS) is 13.8. The second-order valence-electron chi connectivity index (χ2n) is 9.10. The molecule has 1 N–H and O–H groups in total. The van der Waals surface area contributed by atoms with E-state index in [9.17, 15) is 18.0 Å². The fourth-order valence-corrected chi connectivity index (χ4v) is 5.24. The first-order valence-corrected chi connectivity index (χ1v) is 13.9. The van der Waals surface area contributed by atoms with Crippen LogP contribution >= 0.6 is 0 Å². The number of rotatable bonds is 7. The smallest absolute Gasteiger partial charge is 0.255 e. The van der Waals surface area contributed by atoms with Crippen LogP contribution in [0.3, 0.4) is 0 Å². The molecule has 1 aliphatic heterocycles. The van der Waals surface area contributed by atoms with Crippen LogP contribution in [0.15, 0.2) is 72.8 Å². The molecule has 0 unspecified atom stereocenters. The van der Waals surface area contributed by atoms with Gasteiger partial charge in [0.15, 0.2) is 0 Å². The zero-order valence-electron chi connectivity index (χ0n) is 20.6. The van der Waals surface area contributed by atoms with E-state index in [0.717, 1.165) is 43.5 Å². The van der Waals surface area contributed by atoms with Gasteiger partial charge in [-0.25, -0.2) is 8.42 Å². The molecule has 8 heteroatoms. The zero-order valence-corrected chi connectivity index (χ0v) is 21.4. The van der Waals surface area contributed by atoms with Gasteiger partial charge < -0.3 is 10.2 Å². The molecule has 0 spiro atoms. The maximum Gasteiger partial charge on any atom is 0.255 e. The fourth-order valence-electron chi connectivity index (χ4n) is 4.36. The summed E-state index contributed by atoms with van der Waals surface area (Å²) in [5, 5.41) is 2.85. The highest BCUT2D eigenvalue weighted by molar-refractivity contribution is 7.92. The molecule has 1 heterocycles. The van der Waals surface area contributed by atoms with Crippen molar-refractivity contribution in [3.05, 3.63) is 95.1 Å². The van der Waals surface area contributed by atoms with Crippen molar-refractivity contribution < 1.29 is 18.0 Å². The van der Waals surface area contributed by atoms with Gasteiger partial charge in [0, 0.05) is 18.7 Å². The topological polar surface area (TPSA) is 86.8 Å². The van der Waals surface area contributed by atoms with E-state index in [1.165, 1.54) is 10.6 Å². The summed E-state index contributed by atoms with van der Waals surface area (Å²) in [4.78, 5) is 27.9. The van der Waals surface area contributed by atoms with E-state index >= 15 is 0 Å². The van der Waals surface area contributed by atoms with Gasteiger partial charge >= 0.3 is 0 Å². The average Bonchev–Trinajstić information content (AvgIpc) is 2.88. The molecule has 3 aromatic carbocycles. The minimum absolute atomic E-state index is 0.0825. The van der Waals surface area contributed by atoms with Crippen LogP contribution in [-0.2, 0) is 16.6 Å². The van der Waals surface area contributed by atoms with Gasteiger partial charge in [0.05, 0.1) is 29.7 Å². The zero-order chi connectivity index (χ0) is 25.7. The maximum atomic E-state index is 13.0. The number of amides is 2. The largest absolute Gasteiger partial charge is 0.339 e. The van der Waals surface area contributed by atoms with Crippen LogP contribution in [0.1, 0.15) is 51.1 Å². The van der Waals surface area contributed by atoms with E-state index in [-0.39, 0.29) is 18.4 Å². The van der Waals surface area contributed by atoms with Crippen LogP contribution in [0.2, 0.25) is 0 Å². The number of hydrogen-bond donors (Lipinski definition) is 1. The molecule has 1 aliphatic rings. The minimum atomic E-state index is -3.55. The van der Waals surface area contributed by atoms with Gasteiger partial charge in [-0.3, -0.25) is 13.9 Å². The molecular weight excluding hydrogens is 474 g/mol. The molecule has 7 nitrogen and oxygen atoms in total. The number of hydrogen-bond acceptors (Lipinski definition) is 4. The van der Waals surface area contributed by atoms with Gasteiger partial charge in [-0.2, -0.15) is 0 Å². The Balaban J connectivity index is 1.52. The van der Waals surface area contributed by atoms with E-state index in [2.05, 4.69) is 5.32 Å². The van der Waals surface area contributed by atoms with Gasteiger partial charge in [-0.05, 0) is 73.7 Å². The first-order chi connectivity index (χ1) is 17.2. The first kappa shape index (κ1) is 25.4. The molecule has 0 saturated carbocycles. The van der Waals surface area contributed by atoms with Crippen LogP contribution in [0.5, 0.6) is 0 Å². The summed E-state index contributed by atoms with van der Waals surface area (Å²) in [6.45, 7) is 3.59. The summed E-state index contributed by atoms with van der Waals surface area (Å²) < 4.78 is 26.4. The summed E-state index contributed by atoms with van der Waals surface area (Å²) in [6.07, 6.45) is 4.27. The Labute approximate surface area is 212 Å². The average molecular weight is 506 g/mol. The number of benzene rings is 3. The quantitative estimate of drug-likeness (QED) is 0.498. The van der Waals surface area contributed by atoms with Gasteiger partial charge in [0.25, 0.3) is 11.8 Å². The number of carbonyl (C=O) groups is 2. The molecule has 0 atom stereocenters. The van der Waals surface area contributed by atoms with Crippen molar-refractivity contribution in [1.82, 2.24) is 4.90 Å². The molecule has 36 heavy (non-hydrogen) atoms. The van der Waals surface area contributed by atoms with E-state index in [4.69, 9.17) is 0 Å². The molecule has 1 saturated heterocycles. The maximum absolute atomic E-state index is 13.0. The predicted octanol–water partition coefficient (Wildman–Crippen LogP) is 4.84. The molecule has 1 fully saturated rings. The highest BCUT2D eigenvalue weighted by Gasteiger charge is 2.22. The lowest BCUT2D eigenvalue weighted by Gasteiger charge is -2.27. The predicted molar refractivity (Wildman–Crippen MR) is 143 cm³/mol. The fraction of sp³-hybridized carbons (Fsp3) is 0.286. The third-order valence-electron chi connectivity index (χ3n) is 6.44. The lowest BCUT2D eigenvalue weighted by molar-refractivity contribution is 0.0725. The monoisotopic (exact) mass is 505 g/mol. The Morgan fingerprint density at radius 2 is 1.53 bits per heavy atom. The highest BCUT2D eigenvalue weighted by atomic mass is 32.2. The van der Waals surface area contributed by atoms with Crippen LogP contribution in [0, 0.1) is 6.92 Å². The summed E-state index contributed by atoms with van der Waals surface area (Å²) in [7, 11) is -3.55. The number of nitrogens with one attached hydrogen (secondary N) is 1. The molecule has 0 bridgehead atoms. The molecular formula is C28H31N3O4S. The van der Waals surface area contributed by atoms with Gasteiger partial charge in [-0.1, -0.05) is 36.4 Å². The number of aryl methyl sites for hydroxylation is 1. The van der Waals surface area contributed by atoms with E-state index < -0.39 is 10.0 Å². The third-order valence-corrected chi connectivity index (χ3v) is 7.58. The SMILES string of the molecule is Cc1ccccc1CN(c1ccc(C(=O)Nc2ccccc2C(=O)N2CCCCC2)cc1)S(C)(=O)=O. The number of anilines is 2. The Bertz CT molecular complexity index is 1350. The molecule has 0 aliphatic carbocycles. The van der Waals surface area contributed by atoms with E-state index in [1.54, 1.807) is 48.5 Å². The van der Waals surface area contributed by atoms with Crippen molar-refractivity contribution in [1.29, 1.82) is 0 Å². The van der Waals surface area contributed by atoms with Crippen LogP contribution in [0.25, 0.3) is 0 Å². The van der Waals surface area contributed by atoms with Crippen LogP contribution in [-0.4, -0.2) is 44.5 Å². The summed E-state index contributed by atoms with van der Waals surface area (Å²) in [6, 6.07) is 21.1. The number of piperidine rings is 1. The number of likely N-dealkylation sites (tertiary alicyclic amines) is 1. The van der Waals surface area contributed by atoms with Crippen molar-refractivity contribution in [2.75, 3.05) is 29.0 Å². The Kier molecular flexibility index (Phi) is 7.74.